The molecule has 5 heteroatoms. The van der Waals surface area contributed by atoms with Gasteiger partial charge >= 0.3 is 0 Å². The van der Waals surface area contributed by atoms with E-state index in [9.17, 15) is 0 Å². The van der Waals surface area contributed by atoms with Gasteiger partial charge in [0.15, 0.2) is 17.5 Å². The van der Waals surface area contributed by atoms with Gasteiger partial charge in [0.05, 0.1) is 16.9 Å². The topological polar surface area (TPSA) is 64.5 Å². The van der Waals surface area contributed by atoms with Crippen molar-refractivity contribution in [1.29, 1.82) is 0 Å². The Hall–Kier alpha value is -6.07. The molecule has 5 nitrogen and oxygen atoms in total. The fraction of sp³-hybridized carbons (Fsp3) is 0. The van der Waals surface area contributed by atoms with Crippen LogP contribution in [0.2, 0.25) is 0 Å². The van der Waals surface area contributed by atoms with Crippen LogP contribution in [-0.4, -0.2) is 24.9 Å². The lowest BCUT2D eigenvalue weighted by Crippen LogP contribution is -2.02. The molecule has 0 spiro atoms. The van der Waals surface area contributed by atoms with Gasteiger partial charge < -0.3 is 0 Å². The smallest absolute Gasteiger partial charge is 0.182 e. The minimum Gasteiger partial charge on any atom is -0.245 e. The van der Waals surface area contributed by atoms with Crippen LogP contribution in [0.4, 0.5) is 0 Å². The van der Waals surface area contributed by atoms with Crippen molar-refractivity contribution in [2.24, 2.45) is 0 Å². The Bertz CT molecular complexity index is 2260. The maximum absolute atomic E-state index is 5.08. The molecule has 206 valence electrons. The van der Waals surface area contributed by atoms with Crippen molar-refractivity contribution in [2.45, 2.75) is 0 Å². The Kier molecular flexibility index (Phi) is 6.39. The van der Waals surface area contributed by atoms with Crippen LogP contribution in [0.15, 0.2) is 152 Å². The van der Waals surface area contributed by atoms with E-state index in [-0.39, 0.29) is 0 Å². The zero-order valence-electron chi connectivity index (χ0n) is 23.7. The van der Waals surface area contributed by atoms with Gasteiger partial charge in [-0.25, -0.2) is 24.9 Å². The van der Waals surface area contributed by atoms with E-state index < -0.39 is 0 Å². The molecule has 0 atom stereocenters. The number of rotatable bonds is 5. The van der Waals surface area contributed by atoms with E-state index >= 15 is 0 Å². The van der Waals surface area contributed by atoms with Crippen molar-refractivity contribution in [2.75, 3.05) is 0 Å². The van der Waals surface area contributed by atoms with E-state index in [1.807, 2.05) is 91.0 Å². The molecule has 0 saturated carbocycles. The molecular formula is C39H25N5. The molecule has 0 amide bonds. The van der Waals surface area contributed by atoms with Gasteiger partial charge in [0, 0.05) is 21.9 Å². The molecule has 0 fully saturated rings. The van der Waals surface area contributed by atoms with E-state index in [0.29, 0.717) is 23.2 Å². The van der Waals surface area contributed by atoms with Crippen LogP contribution in [0.5, 0.6) is 0 Å². The summed E-state index contributed by atoms with van der Waals surface area (Å²) in [7, 11) is 0. The average Bonchev–Trinajstić information content (AvgIpc) is 3.12. The van der Waals surface area contributed by atoms with Gasteiger partial charge in [-0.3, -0.25) is 0 Å². The second-order valence-electron chi connectivity index (χ2n) is 10.5. The molecule has 5 aromatic carbocycles. The summed E-state index contributed by atoms with van der Waals surface area (Å²) in [6, 6.07) is 51.1. The SMILES string of the molecule is c1ccc(-c2ccc(-c3nc(-c4ccccc4)nc(-c4cccc(-c5nc6ccccc6c6ccccc56)n4)n3)cc2)cc1. The van der Waals surface area contributed by atoms with Crippen LogP contribution < -0.4 is 0 Å². The van der Waals surface area contributed by atoms with Crippen molar-refractivity contribution < 1.29 is 0 Å². The highest BCUT2D eigenvalue weighted by molar-refractivity contribution is 6.10. The van der Waals surface area contributed by atoms with Crippen molar-refractivity contribution in [3.63, 3.8) is 0 Å². The van der Waals surface area contributed by atoms with Crippen LogP contribution >= 0.6 is 0 Å². The van der Waals surface area contributed by atoms with Crippen LogP contribution in [0.1, 0.15) is 0 Å². The van der Waals surface area contributed by atoms with Crippen molar-refractivity contribution in [1.82, 2.24) is 24.9 Å². The number of pyridine rings is 2. The second kappa shape index (κ2) is 11.0. The van der Waals surface area contributed by atoms with E-state index in [1.165, 1.54) is 0 Å². The second-order valence-corrected chi connectivity index (χ2v) is 10.5. The molecule has 8 rings (SSSR count). The highest BCUT2D eigenvalue weighted by atomic mass is 15.0. The molecule has 3 heterocycles. The van der Waals surface area contributed by atoms with Gasteiger partial charge in [0.1, 0.15) is 5.69 Å². The minimum atomic E-state index is 0.507. The number of fused-ring (bicyclic) bond motifs is 3. The number of nitrogens with zero attached hydrogens (tertiary/aromatic N) is 5. The molecule has 0 aliphatic heterocycles. The Labute approximate surface area is 254 Å². The molecule has 3 aromatic heterocycles. The standard InChI is InChI=1S/C39H25N5/c1-3-12-26(13-4-1)27-22-24-29(25-23-27)38-42-37(28-14-5-2-6-15-28)43-39(44-38)35-21-11-20-34(40-35)36-32-18-8-7-16-30(32)31-17-9-10-19-33(31)41-36/h1-25H. The van der Waals surface area contributed by atoms with Gasteiger partial charge in [-0.05, 0) is 34.7 Å². The maximum atomic E-state index is 5.08. The molecule has 0 radical (unpaired) electrons. The fourth-order valence-electron chi connectivity index (χ4n) is 5.57. The Morgan fingerprint density at radius 2 is 0.773 bits per heavy atom. The zero-order chi connectivity index (χ0) is 29.3. The highest BCUT2D eigenvalue weighted by Gasteiger charge is 2.16. The van der Waals surface area contributed by atoms with Crippen LogP contribution in [-0.2, 0) is 0 Å². The third-order valence-corrected chi connectivity index (χ3v) is 7.75. The lowest BCUT2D eigenvalue weighted by Gasteiger charge is -2.11. The molecular weight excluding hydrogens is 538 g/mol. The zero-order valence-corrected chi connectivity index (χ0v) is 23.7. The van der Waals surface area contributed by atoms with E-state index in [0.717, 1.165) is 55.3 Å². The quantitative estimate of drug-likeness (QED) is 0.195. The Balaban J connectivity index is 1.27. The predicted molar refractivity (Wildman–Crippen MR) is 178 cm³/mol. The third-order valence-electron chi connectivity index (χ3n) is 7.75. The van der Waals surface area contributed by atoms with Gasteiger partial charge in [-0.15, -0.1) is 0 Å². The summed E-state index contributed by atoms with van der Waals surface area (Å²) < 4.78 is 0. The monoisotopic (exact) mass is 563 g/mol. The lowest BCUT2D eigenvalue weighted by molar-refractivity contribution is 1.06. The number of para-hydroxylation sites is 1. The normalized spacial score (nSPS) is 11.2. The minimum absolute atomic E-state index is 0.507. The van der Waals surface area contributed by atoms with E-state index in [2.05, 4.69) is 60.7 Å². The van der Waals surface area contributed by atoms with E-state index in [4.69, 9.17) is 24.9 Å². The summed E-state index contributed by atoms with van der Waals surface area (Å²) in [4.78, 5) is 24.9. The number of benzene rings is 5. The summed E-state index contributed by atoms with van der Waals surface area (Å²) >= 11 is 0. The predicted octanol–water partition coefficient (Wildman–Crippen LogP) is 9.30. The van der Waals surface area contributed by atoms with Crippen molar-refractivity contribution >= 4 is 21.7 Å². The molecule has 0 N–H and O–H groups in total. The maximum Gasteiger partial charge on any atom is 0.182 e. The first kappa shape index (κ1) is 25.6. The molecule has 0 bridgehead atoms. The number of aromatic nitrogens is 5. The average molecular weight is 564 g/mol. The fourth-order valence-corrected chi connectivity index (χ4v) is 5.57. The molecule has 0 saturated heterocycles. The van der Waals surface area contributed by atoms with Crippen LogP contribution in [0, 0.1) is 0 Å². The Morgan fingerprint density at radius 3 is 1.50 bits per heavy atom. The summed E-state index contributed by atoms with van der Waals surface area (Å²) in [5.41, 5.74) is 7.30. The van der Waals surface area contributed by atoms with Crippen LogP contribution in [0.3, 0.4) is 0 Å². The first-order valence-corrected chi connectivity index (χ1v) is 14.5. The van der Waals surface area contributed by atoms with Gasteiger partial charge in [-0.1, -0.05) is 133 Å². The first-order chi connectivity index (χ1) is 21.8. The van der Waals surface area contributed by atoms with E-state index in [1.54, 1.807) is 0 Å². The first-order valence-electron chi connectivity index (χ1n) is 14.5. The van der Waals surface area contributed by atoms with Gasteiger partial charge in [0.25, 0.3) is 0 Å². The van der Waals surface area contributed by atoms with Crippen LogP contribution in [0.25, 0.3) is 78.5 Å². The Morgan fingerprint density at radius 1 is 0.273 bits per heavy atom. The summed E-state index contributed by atoms with van der Waals surface area (Å²) in [5, 5.41) is 3.32. The summed E-state index contributed by atoms with van der Waals surface area (Å²) in [6.07, 6.45) is 0. The molecule has 0 aliphatic rings. The highest BCUT2D eigenvalue weighted by Crippen LogP contribution is 2.33. The van der Waals surface area contributed by atoms with Crippen molar-refractivity contribution in [3.05, 3.63) is 152 Å². The lowest BCUT2D eigenvalue weighted by atomic mass is 10.0. The summed E-state index contributed by atoms with van der Waals surface area (Å²) in [5.74, 6) is 1.70. The molecule has 8 aromatic rings. The van der Waals surface area contributed by atoms with Crippen molar-refractivity contribution in [3.8, 4) is 56.8 Å². The van der Waals surface area contributed by atoms with Gasteiger partial charge in [0.2, 0.25) is 0 Å². The number of hydrogen-bond acceptors (Lipinski definition) is 5. The largest absolute Gasteiger partial charge is 0.245 e. The number of hydrogen-bond donors (Lipinski definition) is 0. The molecule has 0 aliphatic carbocycles. The third kappa shape index (κ3) is 4.76. The molecule has 44 heavy (non-hydrogen) atoms. The summed E-state index contributed by atoms with van der Waals surface area (Å²) in [6.45, 7) is 0. The molecule has 0 unspecified atom stereocenters. The van der Waals surface area contributed by atoms with Gasteiger partial charge in [-0.2, -0.15) is 0 Å².